The van der Waals surface area contributed by atoms with Gasteiger partial charge in [-0.3, -0.25) is 0 Å². The first kappa shape index (κ1) is 15.0. The lowest BCUT2D eigenvalue weighted by Crippen LogP contribution is -2.04. The molecule has 0 heterocycles. The van der Waals surface area contributed by atoms with Crippen LogP contribution < -0.4 is 5.32 Å². The number of hydrogen-bond acceptors (Lipinski definition) is 1. The van der Waals surface area contributed by atoms with E-state index < -0.39 is 0 Å². The minimum Gasteiger partial charge on any atom is -0.316 e. The summed E-state index contributed by atoms with van der Waals surface area (Å²) in [5, 5.41) is 3.08. The van der Waals surface area contributed by atoms with Crippen LogP contribution in [0.15, 0.2) is 30.3 Å². The molecule has 1 aromatic carbocycles. The monoisotopic (exact) mass is 201 g/mol. The van der Waals surface area contributed by atoms with Crippen LogP contribution in [0.3, 0.4) is 0 Å². The van der Waals surface area contributed by atoms with Crippen molar-refractivity contribution in [1.82, 2.24) is 5.32 Å². The van der Waals surface area contributed by atoms with E-state index in [-0.39, 0.29) is 0 Å². The molecule has 1 aromatic rings. The third-order valence-electron chi connectivity index (χ3n) is 1.22. The zero-order valence-corrected chi connectivity index (χ0v) is 9.73. The fourth-order valence-corrected chi connectivity index (χ4v) is 0.800. The van der Waals surface area contributed by atoms with Crippen LogP contribution in [0.2, 0.25) is 0 Å². The predicted molar refractivity (Wildman–Crippen MR) is 62.3 cm³/mol. The van der Waals surface area contributed by atoms with Crippen LogP contribution in [0.5, 0.6) is 0 Å². The van der Waals surface area contributed by atoms with Crippen molar-refractivity contribution in [2.75, 3.05) is 13.4 Å². The molecule has 0 aliphatic carbocycles. The topological polar surface area (TPSA) is 12.0 Å². The second kappa shape index (κ2) is 14.0. The number of rotatable bonds is 2. The fourth-order valence-electron chi connectivity index (χ4n) is 0.800. The molecule has 0 atom stereocenters. The summed E-state index contributed by atoms with van der Waals surface area (Å²) < 4.78 is 0. The first-order chi connectivity index (χ1) is 6.43. The molecule has 0 aromatic heterocycles. The van der Waals surface area contributed by atoms with Crippen molar-refractivity contribution in [3.05, 3.63) is 35.9 Å². The first-order valence-corrected chi connectivity index (χ1v) is 5.25. The molecule has 0 radical (unpaired) electrons. The maximum absolute atomic E-state index is 4.64. The van der Waals surface area contributed by atoms with Gasteiger partial charge in [0.1, 0.15) is 0 Å². The molecule has 1 N–H and O–H groups in total. The smallest absolute Gasteiger partial charge is 0.0202 e. The normalized spacial score (nSPS) is 7.46. The molecule has 0 aliphatic rings. The number of hydrogen-bond donors (Lipinski definition) is 1. The second-order valence-corrected chi connectivity index (χ2v) is 2.02. The summed E-state index contributed by atoms with van der Waals surface area (Å²) in [5.41, 5.74) is 1.33. The summed E-state index contributed by atoms with van der Waals surface area (Å²) in [6.45, 7) is 4.96. The average molecular weight is 202 g/mol. The van der Waals surface area contributed by atoms with Gasteiger partial charge in [-0.2, -0.15) is 0 Å². The third-order valence-corrected chi connectivity index (χ3v) is 1.22. The first-order valence-electron chi connectivity index (χ1n) is 4.50. The molecule has 0 spiro atoms. The molecule has 0 saturated heterocycles. The SMILES string of the molecule is CC.CCl.CNCc1ccccc1. The number of halogens is 1. The van der Waals surface area contributed by atoms with Gasteiger partial charge in [0.25, 0.3) is 0 Å². The molecule has 1 nitrogen and oxygen atoms in total. The van der Waals surface area contributed by atoms with E-state index in [0.29, 0.717) is 0 Å². The van der Waals surface area contributed by atoms with Gasteiger partial charge in [0.15, 0.2) is 0 Å². The summed E-state index contributed by atoms with van der Waals surface area (Å²) in [6.07, 6.45) is 1.47. The summed E-state index contributed by atoms with van der Waals surface area (Å²) in [6, 6.07) is 10.3. The Labute approximate surface area is 87.1 Å². The van der Waals surface area contributed by atoms with E-state index in [1.54, 1.807) is 0 Å². The quantitative estimate of drug-likeness (QED) is 0.725. The van der Waals surface area contributed by atoms with Gasteiger partial charge in [-0.1, -0.05) is 44.2 Å². The molecule has 0 aliphatic heterocycles. The van der Waals surface area contributed by atoms with Crippen molar-refractivity contribution in [1.29, 1.82) is 0 Å². The van der Waals surface area contributed by atoms with Crippen molar-refractivity contribution in [2.24, 2.45) is 0 Å². The van der Waals surface area contributed by atoms with E-state index in [0.717, 1.165) is 6.54 Å². The molecule has 1 rings (SSSR count). The van der Waals surface area contributed by atoms with Gasteiger partial charge in [0, 0.05) is 12.9 Å². The molecular formula is C11H20ClN. The minimum atomic E-state index is 0.959. The number of benzene rings is 1. The average Bonchev–Trinajstić information content (AvgIpc) is 2.26. The Hall–Kier alpha value is -0.530. The van der Waals surface area contributed by atoms with Gasteiger partial charge in [0.2, 0.25) is 0 Å². The molecule has 76 valence electrons. The van der Waals surface area contributed by atoms with E-state index >= 15 is 0 Å². The molecule has 0 amide bonds. The number of alkyl halides is 1. The van der Waals surface area contributed by atoms with E-state index in [2.05, 4.69) is 29.1 Å². The Morgan fingerprint density at radius 3 is 1.92 bits per heavy atom. The minimum absolute atomic E-state index is 0.959. The third kappa shape index (κ3) is 9.38. The van der Waals surface area contributed by atoms with Gasteiger partial charge < -0.3 is 5.32 Å². The maximum atomic E-state index is 4.64. The highest BCUT2D eigenvalue weighted by Crippen LogP contribution is 1.95. The molecule has 13 heavy (non-hydrogen) atoms. The Balaban J connectivity index is 0. The standard InChI is InChI=1S/C8H11N.C2H6.CH3Cl/c1-9-7-8-5-3-2-4-6-8;2*1-2/h2-6,9H,7H2,1H3;1-2H3;1H3. The summed E-state index contributed by atoms with van der Waals surface area (Å²) in [7, 11) is 1.95. The van der Waals surface area contributed by atoms with Crippen molar-refractivity contribution in [3.8, 4) is 0 Å². The lowest BCUT2D eigenvalue weighted by molar-refractivity contribution is 0.818. The van der Waals surface area contributed by atoms with Crippen molar-refractivity contribution >= 4 is 11.6 Å². The highest BCUT2D eigenvalue weighted by atomic mass is 35.5. The second-order valence-electron chi connectivity index (χ2n) is 2.02. The zero-order chi connectivity index (χ0) is 10.5. The molecule has 0 saturated carbocycles. The van der Waals surface area contributed by atoms with Crippen LogP contribution in [0, 0.1) is 0 Å². The van der Waals surface area contributed by atoms with Gasteiger partial charge in [-0.25, -0.2) is 0 Å². The fraction of sp³-hybridized carbons (Fsp3) is 0.455. The Kier molecular flexibility index (Phi) is 16.1. The van der Waals surface area contributed by atoms with Crippen LogP contribution in [0.1, 0.15) is 19.4 Å². The van der Waals surface area contributed by atoms with Crippen molar-refractivity contribution in [3.63, 3.8) is 0 Å². The highest BCUT2D eigenvalue weighted by molar-refractivity contribution is 6.15. The van der Waals surface area contributed by atoms with Gasteiger partial charge in [0.05, 0.1) is 0 Å². The van der Waals surface area contributed by atoms with Crippen molar-refractivity contribution < 1.29 is 0 Å². The van der Waals surface area contributed by atoms with Gasteiger partial charge in [-0.05, 0) is 12.6 Å². The Morgan fingerprint density at radius 2 is 1.54 bits per heavy atom. The predicted octanol–water partition coefficient (Wildman–Crippen LogP) is 3.29. The lowest BCUT2D eigenvalue weighted by Gasteiger charge is -1.95. The van der Waals surface area contributed by atoms with Crippen molar-refractivity contribution in [2.45, 2.75) is 20.4 Å². The number of nitrogens with one attached hydrogen (secondary N) is 1. The molecular weight excluding hydrogens is 182 g/mol. The lowest BCUT2D eigenvalue weighted by atomic mass is 10.2. The summed E-state index contributed by atoms with van der Waals surface area (Å²) >= 11 is 4.64. The van der Waals surface area contributed by atoms with E-state index in [9.17, 15) is 0 Å². The van der Waals surface area contributed by atoms with Crippen LogP contribution in [-0.2, 0) is 6.54 Å². The van der Waals surface area contributed by atoms with Crippen LogP contribution in [-0.4, -0.2) is 13.4 Å². The maximum Gasteiger partial charge on any atom is 0.0202 e. The van der Waals surface area contributed by atoms with E-state index in [1.165, 1.54) is 11.9 Å². The van der Waals surface area contributed by atoms with Crippen LogP contribution in [0.4, 0.5) is 0 Å². The largest absolute Gasteiger partial charge is 0.316 e. The van der Waals surface area contributed by atoms with Crippen LogP contribution >= 0.6 is 11.6 Å². The Bertz CT molecular complexity index is 163. The van der Waals surface area contributed by atoms with Gasteiger partial charge in [-0.15, -0.1) is 11.6 Å². The van der Waals surface area contributed by atoms with E-state index in [4.69, 9.17) is 0 Å². The zero-order valence-electron chi connectivity index (χ0n) is 8.97. The summed E-state index contributed by atoms with van der Waals surface area (Å²) in [4.78, 5) is 0. The van der Waals surface area contributed by atoms with E-state index in [1.807, 2.05) is 39.1 Å². The molecule has 0 fully saturated rings. The molecule has 0 bridgehead atoms. The Morgan fingerprint density at radius 1 is 1.08 bits per heavy atom. The van der Waals surface area contributed by atoms with Gasteiger partial charge >= 0.3 is 0 Å². The highest BCUT2D eigenvalue weighted by Gasteiger charge is 1.83. The molecule has 2 heteroatoms. The molecule has 0 unspecified atom stereocenters. The van der Waals surface area contributed by atoms with Crippen LogP contribution in [0.25, 0.3) is 0 Å². The summed E-state index contributed by atoms with van der Waals surface area (Å²) in [5.74, 6) is 0.